The highest BCUT2D eigenvalue weighted by atomic mass is 32.1. The Kier molecular flexibility index (Phi) is 6.69. The van der Waals surface area contributed by atoms with Gasteiger partial charge in [-0.3, -0.25) is 10.2 Å². The molecule has 0 saturated heterocycles. The number of rotatable bonds is 8. The summed E-state index contributed by atoms with van der Waals surface area (Å²) in [4.78, 5) is 27.2. The quantitative estimate of drug-likeness (QED) is 0.344. The van der Waals surface area contributed by atoms with Crippen LogP contribution in [0.5, 0.6) is 0 Å². The molecule has 3 rings (SSSR count). The minimum atomic E-state index is -0.480. The van der Waals surface area contributed by atoms with E-state index in [4.69, 9.17) is 4.74 Å². The highest BCUT2D eigenvalue weighted by Crippen LogP contribution is 2.16. The highest BCUT2D eigenvalue weighted by Gasteiger charge is 2.10. The number of hydrogen-bond donors (Lipinski definition) is 1. The predicted molar refractivity (Wildman–Crippen MR) is 109 cm³/mol. The van der Waals surface area contributed by atoms with Gasteiger partial charge in [0.15, 0.2) is 5.69 Å². The van der Waals surface area contributed by atoms with E-state index in [1.807, 2.05) is 24.3 Å². The molecule has 0 unspecified atom stereocenters. The van der Waals surface area contributed by atoms with E-state index < -0.39 is 5.97 Å². The Labute approximate surface area is 171 Å². The number of benzene rings is 1. The normalized spacial score (nSPS) is 10.8. The van der Waals surface area contributed by atoms with Crippen molar-refractivity contribution in [2.45, 2.75) is 13.3 Å². The molecular formula is C19H19N5O4S. The average molecular weight is 413 g/mol. The number of ether oxygens (including phenoxy) is 2. The van der Waals surface area contributed by atoms with Gasteiger partial charge in [-0.15, -0.1) is 11.3 Å². The number of hydrogen-bond acceptors (Lipinski definition) is 9. The SMILES string of the molecule is CCOC(=O)Cc1csc(NN=Cc2ccc(-n3ccc(C(=O)OC)n3)cc2)n1. The number of nitrogens with zero attached hydrogens (tertiary/aromatic N) is 4. The van der Waals surface area contributed by atoms with Gasteiger partial charge in [-0.25, -0.2) is 14.5 Å². The van der Waals surface area contributed by atoms with Crippen LogP contribution in [-0.4, -0.2) is 46.6 Å². The van der Waals surface area contributed by atoms with Crippen LogP contribution in [-0.2, 0) is 20.7 Å². The van der Waals surface area contributed by atoms with Gasteiger partial charge in [0.25, 0.3) is 0 Å². The maximum Gasteiger partial charge on any atom is 0.358 e. The molecule has 0 amide bonds. The van der Waals surface area contributed by atoms with Gasteiger partial charge in [0.2, 0.25) is 5.13 Å². The van der Waals surface area contributed by atoms with Gasteiger partial charge in [0, 0.05) is 11.6 Å². The number of thiazole rings is 1. The van der Waals surface area contributed by atoms with Crippen molar-refractivity contribution in [2.24, 2.45) is 5.10 Å². The molecule has 10 heteroatoms. The molecule has 0 aliphatic carbocycles. The monoisotopic (exact) mass is 413 g/mol. The molecule has 0 atom stereocenters. The van der Waals surface area contributed by atoms with E-state index in [9.17, 15) is 9.59 Å². The summed E-state index contributed by atoms with van der Waals surface area (Å²) in [7, 11) is 1.32. The van der Waals surface area contributed by atoms with Gasteiger partial charge in [-0.1, -0.05) is 12.1 Å². The third kappa shape index (κ3) is 5.48. The number of anilines is 1. The molecular weight excluding hydrogens is 394 g/mol. The van der Waals surface area contributed by atoms with Crippen molar-refractivity contribution in [1.29, 1.82) is 0 Å². The topological polar surface area (TPSA) is 108 Å². The molecule has 0 saturated carbocycles. The van der Waals surface area contributed by atoms with Crippen molar-refractivity contribution >= 4 is 34.6 Å². The number of carbonyl (C=O) groups is 2. The summed E-state index contributed by atoms with van der Waals surface area (Å²) in [5, 5.41) is 10.7. The van der Waals surface area contributed by atoms with E-state index in [1.165, 1.54) is 18.4 Å². The largest absolute Gasteiger partial charge is 0.466 e. The van der Waals surface area contributed by atoms with Crippen molar-refractivity contribution in [3.8, 4) is 5.69 Å². The second kappa shape index (κ2) is 9.60. The van der Waals surface area contributed by atoms with Gasteiger partial charge in [0.1, 0.15) is 0 Å². The van der Waals surface area contributed by atoms with Crippen LogP contribution in [0.4, 0.5) is 5.13 Å². The van der Waals surface area contributed by atoms with Crippen LogP contribution in [0.2, 0.25) is 0 Å². The van der Waals surface area contributed by atoms with Crippen molar-refractivity contribution < 1.29 is 19.1 Å². The summed E-state index contributed by atoms with van der Waals surface area (Å²) in [5.74, 6) is -0.782. The standard InChI is InChI=1S/C19H19N5O4S/c1-3-28-17(25)10-14-12-29-19(21-14)22-20-11-13-4-6-15(7-5-13)24-9-8-16(23-24)18(26)27-2/h4-9,11-12H,3,10H2,1-2H3,(H,21,22). The molecule has 1 N–H and O–H groups in total. The summed E-state index contributed by atoms with van der Waals surface area (Å²) in [6.45, 7) is 2.12. The Balaban J connectivity index is 1.56. The molecule has 2 heterocycles. The molecule has 0 aliphatic heterocycles. The fraction of sp³-hybridized carbons (Fsp3) is 0.211. The van der Waals surface area contributed by atoms with Crippen molar-refractivity contribution in [3.05, 3.63) is 58.9 Å². The second-order valence-electron chi connectivity index (χ2n) is 5.72. The lowest BCUT2D eigenvalue weighted by Gasteiger charge is -2.01. The molecule has 29 heavy (non-hydrogen) atoms. The van der Waals surface area contributed by atoms with Crippen molar-refractivity contribution in [1.82, 2.24) is 14.8 Å². The lowest BCUT2D eigenvalue weighted by molar-refractivity contribution is -0.142. The smallest absolute Gasteiger partial charge is 0.358 e. The van der Waals surface area contributed by atoms with Crippen LogP contribution in [0, 0.1) is 0 Å². The van der Waals surface area contributed by atoms with Gasteiger partial charge in [-0.05, 0) is 30.7 Å². The van der Waals surface area contributed by atoms with E-state index >= 15 is 0 Å². The number of nitrogens with one attached hydrogen (secondary N) is 1. The molecule has 2 aromatic heterocycles. The Morgan fingerprint density at radius 1 is 1.28 bits per heavy atom. The van der Waals surface area contributed by atoms with E-state index in [1.54, 1.807) is 35.5 Å². The zero-order valence-electron chi connectivity index (χ0n) is 15.9. The number of hydrazone groups is 1. The van der Waals surface area contributed by atoms with Gasteiger partial charge < -0.3 is 9.47 Å². The summed E-state index contributed by atoms with van der Waals surface area (Å²) >= 11 is 1.36. The van der Waals surface area contributed by atoms with Crippen molar-refractivity contribution in [2.75, 3.05) is 19.1 Å². The zero-order chi connectivity index (χ0) is 20.6. The van der Waals surface area contributed by atoms with Gasteiger partial charge in [0.05, 0.1) is 37.7 Å². The molecule has 3 aromatic rings. The minimum Gasteiger partial charge on any atom is -0.466 e. The summed E-state index contributed by atoms with van der Waals surface area (Å²) in [6.07, 6.45) is 3.48. The van der Waals surface area contributed by atoms with Crippen molar-refractivity contribution in [3.63, 3.8) is 0 Å². The van der Waals surface area contributed by atoms with E-state index in [0.29, 0.717) is 17.4 Å². The first-order chi connectivity index (χ1) is 14.1. The van der Waals surface area contributed by atoms with E-state index in [0.717, 1.165) is 11.3 Å². The lowest BCUT2D eigenvalue weighted by Crippen LogP contribution is -2.07. The Morgan fingerprint density at radius 2 is 2.07 bits per heavy atom. The van der Waals surface area contributed by atoms with Crippen LogP contribution in [0.3, 0.4) is 0 Å². The first-order valence-corrected chi connectivity index (χ1v) is 9.60. The maximum absolute atomic E-state index is 11.5. The molecule has 150 valence electrons. The fourth-order valence-electron chi connectivity index (χ4n) is 2.36. The first-order valence-electron chi connectivity index (χ1n) is 8.72. The molecule has 0 spiro atoms. The van der Waals surface area contributed by atoms with Crippen LogP contribution in [0.25, 0.3) is 5.69 Å². The summed E-state index contributed by atoms with van der Waals surface area (Å²) < 4.78 is 11.1. The lowest BCUT2D eigenvalue weighted by atomic mass is 10.2. The first kappa shape index (κ1) is 20.2. The third-order valence-corrected chi connectivity index (χ3v) is 4.49. The summed E-state index contributed by atoms with van der Waals surface area (Å²) in [6, 6.07) is 9.05. The van der Waals surface area contributed by atoms with E-state index in [-0.39, 0.29) is 18.1 Å². The molecule has 0 radical (unpaired) electrons. The Bertz CT molecular complexity index is 1010. The van der Waals surface area contributed by atoms with E-state index in [2.05, 4.69) is 25.3 Å². The zero-order valence-corrected chi connectivity index (χ0v) is 16.7. The van der Waals surface area contributed by atoms with Gasteiger partial charge in [-0.2, -0.15) is 10.2 Å². The molecule has 0 bridgehead atoms. The van der Waals surface area contributed by atoms with Crippen LogP contribution in [0.1, 0.15) is 28.7 Å². The number of esters is 2. The number of carbonyl (C=O) groups excluding carboxylic acids is 2. The number of aromatic nitrogens is 3. The Morgan fingerprint density at radius 3 is 2.79 bits per heavy atom. The van der Waals surface area contributed by atoms with Crippen LogP contribution in [0.15, 0.2) is 47.0 Å². The molecule has 9 nitrogen and oxygen atoms in total. The maximum atomic E-state index is 11.5. The predicted octanol–water partition coefficient (Wildman–Crippen LogP) is 2.67. The number of methoxy groups -OCH3 is 1. The van der Waals surface area contributed by atoms with Crippen LogP contribution >= 0.6 is 11.3 Å². The molecule has 0 aliphatic rings. The average Bonchev–Trinajstić information content (AvgIpc) is 3.38. The van der Waals surface area contributed by atoms with Crippen LogP contribution < -0.4 is 5.43 Å². The second-order valence-corrected chi connectivity index (χ2v) is 6.58. The minimum absolute atomic E-state index is 0.141. The highest BCUT2D eigenvalue weighted by molar-refractivity contribution is 7.13. The third-order valence-electron chi connectivity index (χ3n) is 3.70. The fourth-order valence-corrected chi connectivity index (χ4v) is 3.01. The molecule has 1 aromatic carbocycles. The van der Waals surface area contributed by atoms with Gasteiger partial charge >= 0.3 is 11.9 Å². The molecule has 0 fully saturated rings. The Hall–Kier alpha value is -3.53. The summed E-state index contributed by atoms with van der Waals surface area (Å²) in [5.41, 5.74) is 5.39.